The fourth-order valence-corrected chi connectivity index (χ4v) is 2.68. The SMILES string of the molecule is CCn1c(C(C)NC(=O)OC(C)(C)C)nc2cc(Br)ccc21. The molecule has 0 saturated carbocycles. The first-order chi connectivity index (χ1) is 10.2. The molecule has 0 spiro atoms. The molecule has 2 aromatic rings. The zero-order valence-corrected chi connectivity index (χ0v) is 15.2. The van der Waals surface area contributed by atoms with Crippen molar-refractivity contribution in [1.82, 2.24) is 14.9 Å². The first kappa shape index (κ1) is 16.8. The molecule has 0 fully saturated rings. The Balaban J connectivity index is 2.27. The Morgan fingerprint density at radius 2 is 2.14 bits per heavy atom. The topological polar surface area (TPSA) is 56.2 Å². The normalized spacial score (nSPS) is 13.2. The molecule has 0 bridgehead atoms. The van der Waals surface area contributed by atoms with Crippen LogP contribution in [-0.4, -0.2) is 21.2 Å². The van der Waals surface area contributed by atoms with Gasteiger partial charge in [0.25, 0.3) is 0 Å². The molecule has 1 N–H and O–H groups in total. The van der Waals surface area contributed by atoms with E-state index in [0.717, 1.165) is 27.9 Å². The highest BCUT2D eigenvalue weighted by atomic mass is 79.9. The molecule has 1 aromatic heterocycles. The Morgan fingerprint density at radius 1 is 1.45 bits per heavy atom. The lowest BCUT2D eigenvalue weighted by Gasteiger charge is -2.22. The number of halogens is 1. The van der Waals surface area contributed by atoms with Crippen LogP contribution >= 0.6 is 15.9 Å². The number of hydrogen-bond donors (Lipinski definition) is 1. The van der Waals surface area contributed by atoms with E-state index in [9.17, 15) is 4.79 Å². The maximum atomic E-state index is 11.9. The zero-order valence-electron chi connectivity index (χ0n) is 13.6. The van der Waals surface area contributed by atoms with Crippen molar-refractivity contribution in [3.63, 3.8) is 0 Å². The predicted octanol–water partition coefficient (Wildman–Crippen LogP) is 4.40. The molecular weight excluding hydrogens is 346 g/mol. The van der Waals surface area contributed by atoms with Crippen molar-refractivity contribution >= 4 is 33.1 Å². The van der Waals surface area contributed by atoms with Crippen molar-refractivity contribution in [2.24, 2.45) is 0 Å². The van der Waals surface area contributed by atoms with Crippen molar-refractivity contribution in [2.75, 3.05) is 0 Å². The highest BCUT2D eigenvalue weighted by Crippen LogP contribution is 2.24. The molecule has 0 aliphatic heterocycles. The summed E-state index contributed by atoms with van der Waals surface area (Å²) in [5, 5.41) is 2.85. The predicted molar refractivity (Wildman–Crippen MR) is 90.9 cm³/mol. The van der Waals surface area contributed by atoms with Gasteiger partial charge in [0.2, 0.25) is 0 Å². The van der Waals surface area contributed by atoms with Crippen molar-refractivity contribution in [3.05, 3.63) is 28.5 Å². The number of alkyl carbamates (subject to hydrolysis) is 1. The van der Waals surface area contributed by atoms with E-state index in [1.165, 1.54) is 0 Å². The van der Waals surface area contributed by atoms with Crippen LogP contribution in [0.4, 0.5) is 4.79 Å². The summed E-state index contributed by atoms with van der Waals surface area (Å²) in [4.78, 5) is 16.6. The van der Waals surface area contributed by atoms with E-state index < -0.39 is 11.7 Å². The van der Waals surface area contributed by atoms with Gasteiger partial charge in [-0.3, -0.25) is 0 Å². The summed E-state index contributed by atoms with van der Waals surface area (Å²) in [6, 6.07) is 5.76. The van der Waals surface area contributed by atoms with Crippen molar-refractivity contribution in [2.45, 2.75) is 52.8 Å². The van der Waals surface area contributed by atoms with Crippen molar-refractivity contribution in [1.29, 1.82) is 0 Å². The Hall–Kier alpha value is -1.56. The molecule has 1 amide bonds. The molecule has 1 heterocycles. The Morgan fingerprint density at radius 3 is 2.73 bits per heavy atom. The van der Waals surface area contributed by atoms with E-state index in [2.05, 4.69) is 37.7 Å². The van der Waals surface area contributed by atoms with Gasteiger partial charge >= 0.3 is 6.09 Å². The Bertz CT molecular complexity index is 688. The third-order valence-corrected chi connectivity index (χ3v) is 3.67. The number of carbonyl (C=O) groups is 1. The molecule has 0 aliphatic carbocycles. The summed E-state index contributed by atoms with van der Waals surface area (Å²) in [5.41, 5.74) is 1.45. The molecule has 1 atom stereocenters. The molecular formula is C16H22BrN3O2. The number of fused-ring (bicyclic) bond motifs is 1. The number of carbonyl (C=O) groups excluding carboxylic acids is 1. The van der Waals surface area contributed by atoms with E-state index in [4.69, 9.17) is 4.74 Å². The van der Waals surface area contributed by atoms with Gasteiger partial charge in [0.1, 0.15) is 11.4 Å². The lowest BCUT2D eigenvalue weighted by Crippen LogP contribution is -2.34. The van der Waals surface area contributed by atoms with Gasteiger partial charge in [-0.05, 0) is 52.8 Å². The smallest absolute Gasteiger partial charge is 0.408 e. The molecule has 0 saturated heterocycles. The number of nitrogens with one attached hydrogen (secondary N) is 1. The lowest BCUT2D eigenvalue weighted by molar-refractivity contribution is 0.0505. The van der Waals surface area contributed by atoms with Crippen molar-refractivity contribution in [3.8, 4) is 0 Å². The van der Waals surface area contributed by atoms with Gasteiger partial charge in [0.15, 0.2) is 0 Å². The second kappa shape index (κ2) is 6.28. The van der Waals surface area contributed by atoms with Gasteiger partial charge in [-0.1, -0.05) is 15.9 Å². The fraction of sp³-hybridized carbons (Fsp3) is 0.500. The molecule has 1 aromatic carbocycles. The summed E-state index contributed by atoms with van der Waals surface area (Å²) in [6.07, 6.45) is -0.434. The summed E-state index contributed by atoms with van der Waals surface area (Å²) >= 11 is 3.46. The van der Waals surface area contributed by atoms with Gasteiger partial charge in [-0.15, -0.1) is 0 Å². The maximum Gasteiger partial charge on any atom is 0.408 e. The number of ether oxygens (including phenoxy) is 1. The van der Waals surface area contributed by atoms with E-state index in [1.54, 1.807) is 0 Å². The van der Waals surface area contributed by atoms with Gasteiger partial charge in [-0.2, -0.15) is 0 Å². The highest BCUT2D eigenvalue weighted by molar-refractivity contribution is 9.10. The average Bonchev–Trinajstić information content (AvgIpc) is 2.73. The molecule has 0 radical (unpaired) electrons. The quantitative estimate of drug-likeness (QED) is 0.874. The molecule has 6 heteroatoms. The minimum absolute atomic E-state index is 0.235. The lowest BCUT2D eigenvalue weighted by atomic mass is 10.2. The summed E-state index contributed by atoms with van der Waals surface area (Å²) in [7, 11) is 0. The van der Waals surface area contributed by atoms with Gasteiger partial charge in [0, 0.05) is 11.0 Å². The number of imidazole rings is 1. The second-order valence-corrected chi connectivity index (χ2v) is 7.13. The van der Waals surface area contributed by atoms with Crippen LogP contribution in [0.1, 0.15) is 46.5 Å². The Kier molecular flexibility index (Phi) is 4.80. The van der Waals surface area contributed by atoms with Crippen LogP contribution in [-0.2, 0) is 11.3 Å². The molecule has 5 nitrogen and oxygen atoms in total. The van der Waals surface area contributed by atoms with E-state index in [0.29, 0.717) is 0 Å². The zero-order chi connectivity index (χ0) is 16.5. The first-order valence-electron chi connectivity index (χ1n) is 7.36. The van der Waals surface area contributed by atoms with E-state index in [-0.39, 0.29) is 6.04 Å². The number of rotatable bonds is 3. The van der Waals surface area contributed by atoms with Crippen LogP contribution in [0, 0.1) is 0 Å². The first-order valence-corrected chi connectivity index (χ1v) is 8.15. The van der Waals surface area contributed by atoms with E-state index >= 15 is 0 Å². The average molecular weight is 368 g/mol. The maximum absolute atomic E-state index is 11.9. The van der Waals surface area contributed by atoms with Crippen LogP contribution < -0.4 is 5.32 Å². The van der Waals surface area contributed by atoms with Gasteiger partial charge in [0.05, 0.1) is 17.1 Å². The summed E-state index contributed by atoms with van der Waals surface area (Å²) in [6.45, 7) is 10.3. The largest absolute Gasteiger partial charge is 0.444 e. The molecule has 1 unspecified atom stereocenters. The fourth-order valence-electron chi connectivity index (χ4n) is 2.33. The van der Waals surface area contributed by atoms with Crippen molar-refractivity contribution < 1.29 is 9.53 Å². The third kappa shape index (κ3) is 3.80. The minimum Gasteiger partial charge on any atom is -0.444 e. The highest BCUT2D eigenvalue weighted by Gasteiger charge is 2.21. The standard InChI is InChI=1S/C16H22BrN3O2/c1-6-20-13-8-7-11(17)9-12(13)19-14(20)10(2)18-15(21)22-16(3,4)5/h7-10H,6H2,1-5H3,(H,18,21). The van der Waals surface area contributed by atoms with Gasteiger partial charge < -0.3 is 14.6 Å². The Labute approximate surface area is 139 Å². The number of aromatic nitrogens is 2. The second-order valence-electron chi connectivity index (χ2n) is 6.22. The molecule has 2 rings (SSSR count). The third-order valence-electron chi connectivity index (χ3n) is 3.18. The molecule has 120 valence electrons. The van der Waals surface area contributed by atoms with Crippen LogP contribution in [0.5, 0.6) is 0 Å². The monoisotopic (exact) mass is 367 g/mol. The number of benzene rings is 1. The van der Waals surface area contributed by atoms with E-state index in [1.807, 2.05) is 45.9 Å². The van der Waals surface area contributed by atoms with Crippen LogP contribution in [0.3, 0.4) is 0 Å². The summed E-state index contributed by atoms with van der Waals surface area (Å²) < 4.78 is 8.39. The summed E-state index contributed by atoms with van der Waals surface area (Å²) in [5.74, 6) is 0.821. The van der Waals surface area contributed by atoms with Crippen LogP contribution in [0.15, 0.2) is 22.7 Å². The van der Waals surface area contributed by atoms with Gasteiger partial charge in [-0.25, -0.2) is 9.78 Å². The number of nitrogens with zero attached hydrogens (tertiary/aromatic N) is 2. The van der Waals surface area contributed by atoms with Crippen LogP contribution in [0.2, 0.25) is 0 Å². The number of hydrogen-bond acceptors (Lipinski definition) is 3. The molecule has 22 heavy (non-hydrogen) atoms. The van der Waals surface area contributed by atoms with Crippen LogP contribution in [0.25, 0.3) is 11.0 Å². The number of amides is 1. The number of aryl methyl sites for hydroxylation is 1. The molecule has 0 aliphatic rings. The minimum atomic E-state index is -0.514.